The van der Waals surface area contributed by atoms with Gasteiger partial charge in [0.1, 0.15) is 5.82 Å². The molecule has 4 nitrogen and oxygen atoms in total. The van der Waals surface area contributed by atoms with Crippen LogP contribution in [0.15, 0.2) is 41.6 Å². The Morgan fingerprint density at radius 3 is 2.74 bits per heavy atom. The maximum absolute atomic E-state index is 12.8. The minimum absolute atomic E-state index is 0.0235. The molecule has 0 aliphatic rings. The van der Waals surface area contributed by atoms with Gasteiger partial charge in [0.05, 0.1) is 12.2 Å². The van der Waals surface area contributed by atoms with Gasteiger partial charge in [-0.25, -0.2) is 4.39 Å². The van der Waals surface area contributed by atoms with Crippen molar-refractivity contribution in [1.82, 2.24) is 15.2 Å². The van der Waals surface area contributed by atoms with E-state index in [1.807, 2.05) is 24.0 Å². The molecule has 0 saturated carbocycles. The van der Waals surface area contributed by atoms with Crippen molar-refractivity contribution < 1.29 is 4.39 Å². The lowest BCUT2D eigenvalue weighted by molar-refractivity contribution is 0.607. The largest absolute Gasteiger partial charge is 0.273 e. The molecule has 102 valence electrons. The standard InChI is InChI=1S/C13H17FN4S/c1-2-18-8-10(7-16-18)13(17-15)9-19-12-5-3-11(14)4-6-12/h3-8,13,17H,2,9,15H2,1H3. The second kappa shape index (κ2) is 6.70. The number of nitrogens with zero attached hydrogens (tertiary/aromatic N) is 2. The number of benzene rings is 1. The molecule has 1 aromatic heterocycles. The molecule has 19 heavy (non-hydrogen) atoms. The van der Waals surface area contributed by atoms with E-state index in [1.165, 1.54) is 12.1 Å². The van der Waals surface area contributed by atoms with Gasteiger partial charge in [-0.3, -0.25) is 16.0 Å². The monoisotopic (exact) mass is 280 g/mol. The number of nitrogens with one attached hydrogen (secondary N) is 1. The van der Waals surface area contributed by atoms with Gasteiger partial charge in [0, 0.05) is 29.0 Å². The van der Waals surface area contributed by atoms with Crippen molar-refractivity contribution in [3.05, 3.63) is 48.0 Å². The summed E-state index contributed by atoms with van der Waals surface area (Å²) in [6, 6.07) is 6.48. The van der Waals surface area contributed by atoms with Crippen molar-refractivity contribution in [1.29, 1.82) is 0 Å². The highest BCUT2D eigenvalue weighted by molar-refractivity contribution is 7.99. The van der Waals surface area contributed by atoms with Crippen molar-refractivity contribution in [3.8, 4) is 0 Å². The molecule has 0 aliphatic carbocycles. The molecule has 2 rings (SSSR count). The van der Waals surface area contributed by atoms with Crippen LogP contribution in [0.1, 0.15) is 18.5 Å². The Labute approximate surface area is 116 Å². The lowest BCUT2D eigenvalue weighted by Gasteiger charge is -2.13. The fourth-order valence-electron chi connectivity index (χ4n) is 1.68. The van der Waals surface area contributed by atoms with Crippen LogP contribution >= 0.6 is 11.8 Å². The summed E-state index contributed by atoms with van der Waals surface area (Å²) in [6.07, 6.45) is 3.80. The summed E-state index contributed by atoms with van der Waals surface area (Å²) in [7, 11) is 0. The minimum atomic E-state index is -0.220. The Morgan fingerprint density at radius 1 is 1.42 bits per heavy atom. The summed E-state index contributed by atoms with van der Waals surface area (Å²) in [5.74, 6) is 6.12. The van der Waals surface area contributed by atoms with Crippen LogP contribution in [0.2, 0.25) is 0 Å². The summed E-state index contributed by atoms with van der Waals surface area (Å²) >= 11 is 1.63. The third kappa shape index (κ3) is 3.79. The van der Waals surface area contributed by atoms with Crippen molar-refractivity contribution in [2.45, 2.75) is 24.4 Å². The third-order valence-corrected chi connectivity index (χ3v) is 3.92. The number of hydrazine groups is 1. The van der Waals surface area contributed by atoms with E-state index in [0.29, 0.717) is 0 Å². The summed E-state index contributed by atoms with van der Waals surface area (Å²) in [4.78, 5) is 1.02. The van der Waals surface area contributed by atoms with Crippen LogP contribution < -0.4 is 11.3 Å². The topological polar surface area (TPSA) is 55.9 Å². The first-order valence-electron chi connectivity index (χ1n) is 6.09. The quantitative estimate of drug-likeness (QED) is 0.484. The molecule has 0 saturated heterocycles. The molecule has 0 radical (unpaired) electrons. The van der Waals surface area contributed by atoms with E-state index in [-0.39, 0.29) is 11.9 Å². The second-order valence-corrected chi connectivity index (χ2v) is 5.21. The van der Waals surface area contributed by atoms with E-state index in [0.717, 1.165) is 22.8 Å². The summed E-state index contributed by atoms with van der Waals surface area (Å²) in [6.45, 7) is 2.87. The van der Waals surface area contributed by atoms with Crippen LogP contribution in [0.25, 0.3) is 0 Å². The molecule has 0 aliphatic heterocycles. The van der Waals surface area contributed by atoms with E-state index in [1.54, 1.807) is 23.9 Å². The smallest absolute Gasteiger partial charge is 0.123 e. The molecule has 0 bridgehead atoms. The lowest BCUT2D eigenvalue weighted by Crippen LogP contribution is -2.29. The number of halogens is 1. The molecule has 0 fully saturated rings. The first-order chi connectivity index (χ1) is 9.22. The van der Waals surface area contributed by atoms with Gasteiger partial charge >= 0.3 is 0 Å². The molecule has 2 aromatic rings. The van der Waals surface area contributed by atoms with Gasteiger partial charge < -0.3 is 0 Å². The molecule has 0 amide bonds. The molecular weight excluding hydrogens is 263 g/mol. The van der Waals surface area contributed by atoms with Crippen LogP contribution in [0.5, 0.6) is 0 Å². The Balaban J connectivity index is 1.97. The number of rotatable bonds is 6. The van der Waals surface area contributed by atoms with Crippen molar-refractivity contribution in [2.24, 2.45) is 5.84 Å². The molecular formula is C13H17FN4S. The predicted octanol–water partition coefficient (Wildman–Crippen LogP) is 2.34. The first-order valence-corrected chi connectivity index (χ1v) is 7.08. The molecule has 0 spiro atoms. The summed E-state index contributed by atoms with van der Waals surface area (Å²) < 4.78 is 14.7. The minimum Gasteiger partial charge on any atom is -0.273 e. The van der Waals surface area contributed by atoms with Crippen LogP contribution in [-0.2, 0) is 6.54 Å². The van der Waals surface area contributed by atoms with Crippen LogP contribution in [-0.4, -0.2) is 15.5 Å². The molecule has 1 atom stereocenters. The van der Waals surface area contributed by atoms with Gasteiger partial charge in [0.2, 0.25) is 0 Å². The normalized spacial score (nSPS) is 12.6. The van der Waals surface area contributed by atoms with Crippen LogP contribution in [0, 0.1) is 5.82 Å². The second-order valence-electron chi connectivity index (χ2n) is 4.11. The van der Waals surface area contributed by atoms with Crippen molar-refractivity contribution in [2.75, 3.05) is 5.75 Å². The van der Waals surface area contributed by atoms with E-state index in [4.69, 9.17) is 5.84 Å². The van der Waals surface area contributed by atoms with Crippen LogP contribution in [0.4, 0.5) is 4.39 Å². The number of hydrogen-bond donors (Lipinski definition) is 2. The maximum Gasteiger partial charge on any atom is 0.123 e. The Hall–Kier alpha value is -1.37. The van der Waals surface area contributed by atoms with Crippen molar-refractivity contribution in [3.63, 3.8) is 0 Å². The van der Waals surface area contributed by atoms with Gasteiger partial charge in [0.15, 0.2) is 0 Å². The molecule has 6 heteroatoms. The molecule has 1 heterocycles. The SMILES string of the molecule is CCn1cc(C(CSc2ccc(F)cc2)NN)cn1. The zero-order valence-corrected chi connectivity index (χ0v) is 11.5. The zero-order chi connectivity index (χ0) is 13.7. The zero-order valence-electron chi connectivity index (χ0n) is 10.7. The first kappa shape index (κ1) is 14.0. The number of aromatic nitrogens is 2. The Morgan fingerprint density at radius 2 is 2.16 bits per heavy atom. The summed E-state index contributed by atoms with van der Waals surface area (Å²) in [5, 5.41) is 4.23. The van der Waals surface area contributed by atoms with E-state index in [2.05, 4.69) is 10.5 Å². The Kier molecular flexibility index (Phi) is 4.95. The van der Waals surface area contributed by atoms with Gasteiger partial charge in [-0.15, -0.1) is 11.8 Å². The highest BCUT2D eigenvalue weighted by Crippen LogP contribution is 2.24. The number of hydrogen-bond acceptors (Lipinski definition) is 4. The predicted molar refractivity (Wildman–Crippen MR) is 75.1 cm³/mol. The average molecular weight is 280 g/mol. The van der Waals surface area contributed by atoms with E-state index < -0.39 is 0 Å². The fourth-order valence-corrected chi connectivity index (χ4v) is 2.66. The summed E-state index contributed by atoms with van der Waals surface area (Å²) in [5.41, 5.74) is 3.84. The fraction of sp³-hybridized carbons (Fsp3) is 0.308. The highest BCUT2D eigenvalue weighted by Gasteiger charge is 2.12. The van der Waals surface area contributed by atoms with E-state index in [9.17, 15) is 4.39 Å². The van der Waals surface area contributed by atoms with Gasteiger partial charge in [-0.05, 0) is 31.2 Å². The number of aryl methyl sites for hydroxylation is 1. The molecule has 1 unspecified atom stereocenters. The lowest BCUT2D eigenvalue weighted by atomic mass is 10.2. The van der Waals surface area contributed by atoms with E-state index >= 15 is 0 Å². The van der Waals surface area contributed by atoms with Gasteiger partial charge in [-0.2, -0.15) is 5.10 Å². The van der Waals surface area contributed by atoms with Gasteiger partial charge in [-0.1, -0.05) is 0 Å². The van der Waals surface area contributed by atoms with Crippen molar-refractivity contribution >= 4 is 11.8 Å². The average Bonchev–Trinajstić information content (AvgIpc) is 2.90. The molecule has 3 N–H and O–H groups in total. The van der Waals surface area contributed by atoms with Crippen LogP contribution in [0.3, 0.4) is 0 Å². The maximum atomic E-state index is 12.8. The third-order valence-electron chi connectivity index (χ3n) is 2.81. The Bertz CT molecular complexity index is 512. The molecule has 1 aromatic carbocycles. The number of nitrogens with two attached hydrogens (primary N) is 1. The number of thioether (sulfide) groups is 1. The highest BCUT2D eigenvalue weighted by atomic mass is 32.2. The van der Waals surface area contributed by atoms with Gasteiger partial charge in [0.25, 0.3) is 0 Å².